The molecule has 0 saturated heterocycles. The molecule has 0 fully saturated rings. The molecule has 3 aromatic rings. The van der Waals surface area contributed by atoms with Crippen LogP contribution in [0.3, 0.4) is 0 Å². The largest absolute Gasteiger partial charge is 0.465 e. The molecule has 0 radical (unpaired) electrons. The predicted molar refractivity (Wildman–Crippen MR) is 80.8 cm³/mol. The van der Waals surface area contributed by atoms with Crippen LogP contribution in [-0.2, 0) is 11.3 Å². The Kier molecular flexibility index (Phi) is 4.01. The van der Waals surface area contributed by atoms with Crippen LogP contribution in [0.1, 0.15) is 26.6 Å². The monoisotopic (exact) mass is 311 g/mol. The van der Waals surface area contributed by atoms with E-state index in [1.54, 1.807) is 18.2 Å². The highest BCUT2D eigenvalue weighted by Crippen LogP contribution is 2.23. The van der Waals surface area contributed by atoms with Gasteiger partial charge in [0.05, 0.1) is 19.9 Å². The van der Waals surface area contributed by atoms with E-state index in [1.807, 2.05) is 6.07 Å². The van der Waals surface area contributed by atoms with Crippen LogP contribution in [0.2, 0.25) is 0 Å². The summed E-state index contributed by atoms with van der Waals surface area (Å²) in [4.78, 5) is 31.4. The second-order valence-corrected chi connectivity index (χ2v) is 4.70. The third kappa shape index (κ3) is 3.03. The Bertz CT molecular complexity index is 858. The molecule has 7 heteroatoms. The summed E-state index contributed by atoms with van der Waals surface area (Å²) in [6, 6.07) is 6.95. The minimum atomic E-state index is -0.472. The normalized spacial score (nSPS) is 10.5. The van der Waals surface area contributed by atoms with Crippen LogP contribution >= 0.6 is 0 Å². The minimum Gasteiger partial charge on any atom is -0.465 e. The number of carbonyl (C=O) groups excluding carboxylic acids is 2. The van der Waals surface area contributed by atoms with Crippen molar-refractivity contribution < 1.29 is 18.7 Å². The summed E-state index contributed by atoms with van der Waals surface area (Å²) in [6.45, 7) is 0.171. The maximum absolute atomic E-state index is 11.9. The number of methoxy groups -OCH3 is 1. The summed E-state index contributed by atoms with van der Waals surface area (Å²) < 4.78 is 10.4. The molecule has 1 N–H and O–H groups in total. The van der Waals surface area contributed by atoms with Crippen LogP contribution in [0.15, 0.2) is 47.3 Å². The number of ether oxygens (including phenoxy) is 1. The van der Waals surface area contributed by atoms with Gasteiger partial charge in [0.25, 0.3) is 5.91 Å². The fraction of sp³-hybridized carbons (Fsp3) is 0.125. The molecule has 23 heavy (non-hydrogen) atoms. The maximum atomic E-state index is 11.9. The van der Waals surface area contributed by atoms with Crippen molar-refractivity contribution in [2.24, 2.45) is 0 Å². The van der Waals surface area contributed by atoms with Crippen molar-refractivity contribution in [3.8, 4) is 0 Å². The number of benzene rings is 1. The molecule has 0 spiro atoms. The number of rotatable bonds is 4. The van der Waals surface area contributed by atoms with Crippen molar-refractivity contribution in [3.63, 3.8) is 0 Å². The molecule has 1 aromatic carbocycles. The van der Waals surface area contributed by atoms with Gasteiger partial charge in [0.2, 0.25) is 0 Å². The first-order valence-electron chi connectivity index (χ1n) is 6.83. The van der Waals surface area contributed by atoms with Crippen LogP contribution in [0.25, 0.3) is 11.0 Å². The van der Waals surface area contributed by atoms with Crippen LogP contribution < -0.4 is 5.32 Å². The lowest BCUT2D eigenvalue weighted by Gasteiger charge is -2.01. The number of nitrogens with zero attached hydrogens (tertiary/aromatic N) is 2. The van der Waals surface area contributed by atoms with E-state index in [2.05, 4.69) is 15.3 Å². The zero-order valence-electron chi connectivity index (χ0n) is 12.3. The Balaban J connectivity index is 1.79. The van der Waals surface area contributed by atoms with Gasteiger partial charge in [-0.2, -0.15) is 0 Å². The van der Waals surface area contributed by atoms with Crippen LogP contribution in [-0.4, -0.2) is 29.0 Å². The highest BCUT2D eigenvalue weighted by Gasteiger charge is 2.15. The summed E-state index contributed by atoms with van der Waals surface area (Å²) in [6.07, 6.45) is 4.31. The summed E-state index contributed by atoms with van der Waals surface area (Å²) >= 11 is 0. The fourth-order valence-electron chi connectivity index (χ4n) is 2.15. The van der Waals surface area contributed by atoms with E-state index in [1.165, 1.54) is 25.7 Å². The third-order valence-electron chi connectivity index (χ3n) is 3.22. The van der Waals surface area contributed by atoms with Crippen molar-refractivity contribution in [1.82, 2.24) is 15.3 Å². The van der Waals surface area contributed by atoms with E-state index in [-0.39, 0.29) is 18.1 Å². The predicted octanol–water partition coefficient (Wildman–Crippen LogP) is 1.94. The lowest BCUT2D eigenvalue weighted by Crippen LogP contribution is -2.23. The number of furan rings is 1. The first kappa shape index (κ1) is 14.7. The van der Waals surface area contributed by atoms with Gasteiger partial charge in [0.15, 0.2) is 0 Å². The zero-order valence-corrected chi connectivity index (χ0v) is 12.3. The van der Waals surface area contributed by atoms with Gasteiger partial charge in [-0.15, -0.1) is 0 Å². The van der Waals surface area contributed by atoms with Gasteiger partial charge >= 0.3 is 5.97 Å². The van der Waals surface area contributed by atoms with Gasteiger partial charge < -0.3 is 14.5 Å². The average Bonchev–Trinajstić information content (AvgIpc) is 3.02. The number of fused-ring (bicyclic) bond motifs is 1. The van der Waals surface area contributed by atoms with Gasteiger partial charge in [-0.05, 0) is 12.1 Å². The van der Waals surface area contributed by atoms with Gasteiger partial charge in [-0.25, -0.2) is 9.78 Å². The lowest BCUT2D eigenvalue weighted by molar-refractivity contribution is 0.0601. The molecule has 1 amide bonds. The second kappa shape index (κ2) is 6.27. The number of hydrogen-bond donors (Lipinski definition) is 1. The smallest absolute Gasteiger partial charge is 0.341 e. The molecule has 0 aliphatic heterocycles. The SMILES string of the molecule is COC(=O)c1cccc2cc(CNC(=O)c3cnccn3)oc12. The second-order valence-electron chi connectivity index (χ2n) is 4.70. The zero-order chi connectivity index (χ0) is 16.2. The number of nitrogens with one attached hydrogen (secondary N) is 1. The fourth-order valence-corrected chi connectivity index (χ4v) is 2.15. The van der Waals surface area contributed by atoms with Crippen molar-refractivity contribution in [1.29, 1.82) is 0 Å². The lowest BCUT2D eigenvalue weighted by atomic mass is 10.1. The summed E-state index contributed by atoms with van der Waals surface area (Å²) in [7, 11) is 1.31. The third-order valence-corrected chi connectivity index (χ3v) is 3.22. The van der Waals surface area contributed by atoms with E-state index in [4.69, 9.17) is 9.15 Å². The molecule has 3 rings (SSSR count). The molecule has 116 valence electrons. The van der Waals surface area contributed by atoms with Crippen molar-refractivity contribution in [2.45, 2.75) is 6.54 Å². The Labute approximate surface area is 131 Å². The highest BCUT2D eigenvalue weighted by molar-refractivity contribution is 6.02. The summed E-state index contributed by atoms with van der Waals surface area (Å²) in [5, 5.41) is 3.45. The van der Waals surface area contributed by atoms with E-state index in [0.29, 0.717) is 16.9 Å². The van der Waals surface area contributed by atoms with E-state index >= 15 is 0 Å². The highest BCUT2D eigenvalue weighted by atomic mass is 16.5. The van der Waals surface area contributed by atoms with Gasteiger partial charge in [0.1, 0.15) is 22.6 Å². The molecule has 0 saturated carbocycles. The van der Waals surface area contributed by atoms with Crippen molar-refractivity contribution >= 4 is 22.8 Å². The molecule has 0 aliphatic carbocycles. The number of aromatic nitrogens is 2. The first-order valence-corrected chi connectivity index (χ1v) is 6.83. The van der Waals surface area contributed by atoms with Gasteiger partial charge in [-0.1, -0.05) is 12.1 Å². The van der Waals surface area contributed by atoms with Crippen LogP contribution in [0.5, 0.6) is 0 Å². The standard InChI is InChI=1S/C16H13N3O4/c1-22-16(21)12-4-2-3-10-7-11(23-14(10)12)8-19-15(20)13-9-17-5-6-18-13/h2-7,9H,8H2,1H3,(H,19,20). The molecular weight excluding hydrogens is 298 g/mol. The Morgan fingerprint density at radius 2 is 2.17 bits per heavy atom. The number of para-hydroxylation sites is 1. The summed E-state index contributed by atoms with van der Waals surface area (Å²) in [5.74, 6) is -0.305. The molecule has 0 atom stereocenters. The van der Waals surface area contributed by atoms with Crippen molar-refractivity contribution in [2.75, 3.05) is 7.11 Å². The Hall–Kier alpha value is -3.22. The number of amides is 1. The van der Waals surface area contributed by atoms with Crippen molar-refractivity contribution in [3.05, 3.63) is 59.9 Å². The minimum absolute atomic E-state index is 0.171. The molecule has 0 aliphatic rings. The van der Waals surface area contributed by atoms with Crippen LogP contribution in [0, 0.1) is 0 Å². The molecule has 0 unspecified atom stereocenters. The number of esters is 1. The molecule has 7 nitrogen and oxygen atoms in total. The quantitative estimate of drug-likeness (QED) is 0.740. The maximum Gasteiger partial charge on any atom is 0.341 e. The van der Waals surface area contributed by atoms with E-state index in [0.717, 1.165) is 5.39 Å². The average molecular weight is 311 g/mol. The van der Waals surface area contributed by atoms with Gasteiger partial charge in [-0.3, -0.25) is 9.78 Å². The number of carbonyl (C=O) groups is 2. The van der Waals surface area contributed by atoms with Gasteiger partial charge in [0, 0.05) is 17.8 Å². The molecule has 0 bridgehead atoms. The van der Waals surface area contributed by atoms with E-state index < -0.39 is 5.97 Å². The van der Waals surface area contributed by atoms with Crippen LogP contribution in [0.4, 0.5) is 0 Å². The number of hydrogen-bond acceptors (Lipinski definition) is 6. The summed E-state index contributed by atoms with van der Waals surface area (Å²) in [5.41, 5.74) is 0.999. The molecular formula is C16H13N3O4. The topological polar surface area (TPSA) is 94.3 Å². The Morgan fingerprint density at radius 3 is 2.91 bits per heavy atom. The molecule has 2 heterocycles. The Morgan fingerprint density at radius 1 is 1.30 bits per heavy atom. The van der Waals surface area contributed by atoms with E-state index in [9.17, 15) is 9.59 Å². The first-order chi connectivity index (χ1) is 11.2. The molecule has 2 aromatic heterocycles.